The molecule has 0 radical (unpaired) electrons. The predicted molar refractivity (Wildman–Crippen MR) is 220 cm³/mol. The first-order valence-corrected chi connectivity index (χ1v) is 21.9. The molecular weight excluding hydrogens is 715 g/mol. The number of hydrogen-bond donors (Lipinski definition) is 3. The fourth-order valence-electron chi connectivity index (χ4n) is 13.3. The Morgan fingerprint density at radius 2 is 1.77 bits per heavy atom. The fourth-order valence-corrected chi connectivity index (χ4v) is 13.3. The first kappa shape index (κ1) is 38.3. The van der Waals surface area contributed by atoms with Crippen molar-refractivity contribution in [2.24, 2.45) is 52.3 Å². The van der Waals surface area contributed by atoms with Crippen LogP contribution >= 0.6 is 0 Å². The first-order valence-electron chi connectivity index (χ1n) is 21.9. The lowest BCUT2D eigenvalue weighted by atomic mass is 9.47. The van der Waals surface area contributed by atoms with Crippen molar-refractivity contribution in [3.8, 4) is 11.5 Å². The second kappa shape index (κ2) is 14.0. The van der Waals surface area contributed by atoms with Gasteiger partial charge in [-0.15, -0.1) is 0 Å². The maximum Gasteiger partial charge on any atom is 0.411 e. The van der Waals surface area contributed by atoms with Crippen LogP contribution in [0.1, 0.15) is 134 Å². The van der Waals surface area contributed by atoms with Crippen LogP contribution in [0.5, 0.6) is 11.5 Å². The van der Waals surface area contributed by atoms with Crippen molar-refractivity contribution in [1.82, 2.24) is 0 Å². The van der Waals surface area contributed by atoms with Crippen LogP contribution in [-0.4, -0.2) is 34.5 Å². The number of phenols is 1. The molecule has 304 valence electrons. The molecule has 3 fully saturated rings. The SMILES string of the molecule is CC(C)CCC[C@@H](C)[C@H]1CC[C@H]2[C@@H]3CC=C4C[C@@H](OC(=O)Nc5ccc6c(c5)C(=O)OC65C6=CC=C(O)C(C)C6Oc6cc(O)ccc65)CC[C@]4(C)[C@H]3CC[C@]12C. The lowest BCUT2D eigenvalue weighted by molar-refractivity contribution is -0.0577. The van der Waals surface area contributed by atoms with Gasteiger partial charge in [-0.25, -0.2) is 9.59 Å². The van der Waals surface area contributed by atoms with E-state index in [4.69, 9.17) is 14.2 Å². The van der Waals surface area contributed by atoms with E-state index in [2.05, 4.69) is 46.0 Å². The molecule has 2 heterocycles. The maximum absolute atomic E-state index is 13.7. The quantitative estimate of drug-likeness (QED) is 0.189. The second-order valence-corrected chi connectivity index (χ2v) is 19.7. The Morgan fingerprint density at radius 1 is 0.965 bits per heavy atom. The molecule has 3 unspecified atom stereocenters. The van der Waals surface area contributed by atoms with Gasteiger partial charge in [0.25, 0.3) is 0 Å². The van der Waals surface area contributed by atoms with E-state index in [0.717, 1.165) is 55.3 Å². The highest BCUT2D eigenvalue weighted by Crippen LogP contribution is 2.67. The maximum atomic E-state index is 13.7. The number of aliphatic hydroxyl groups excluding tert-OH is 1. The molecule has 8 heteroatoms. The summed E-state index contributed by atoms with van der Waals surface area (Å²) in [5.41, 5.74) is 3.45. The normalized spacial score (nSPS) is 36.5. The Hall–Kier alpha value is -4.20. The number of allylic oxidation sites excluding steroid dienone is 3. The van der Waals surface area contributed by atoms with Crippen LogP contribution in [0.15, 0.2) is 71.5 Å². The molecule has 3 saturated carbocycles. The molecule has 2 aromatic rings. The average molecular weight is 776 g/mol. The topological polar surface area (TPSA) is 114 Å². The van der Waals surface area contributed by atoms with Gasteiger partial charge in [0.15, 0.2) is 5.60 Å². The molecular formula is C49H61NO7. The number of benzene rings is 2. The molecule has 0 saturated heterocycles. The Balaban J connectivity index is 0.882. The fraction of sp³-hybridized carbons (Fsp3) is 0.592. The van der Waals surface area contributed by atoms with E-state index in [-0.39, 0.29) is 23.0 Å². The molecule has 11 atom stereocenters. The Kier molecular flexibility index (Phi) is 9.40. The number of aromatic hydroxyl groups is 1. The number of hydrogen-bond acceptors (Lipinski definition) is 7. The summed E-state index contributed by atoms with van der Waals surface area (Å²) in [4.78, 5) is 27.2. The van der Waals surface area contributed by atoms with Crippen LogP contribution < -0.4 is 10.1 Å². The number of esters is 1. The third-order valence-corrected chi connectivity index (χ3v) is 16.3. The summed E-state index contributed by atoms with van der Waals surface area (Å²) < 4.78 is 18.7. The largest absolute Gasteiger partial charge is 0.512 e. The van der Waals surface area contributed by atoms with Crippen LogP contribution in [0.2, 0.25) is 0 Å². The molecule has 0 bridgehead atoms. The lowest BCUT2D eigenvalue weighted by Gasteiger charge is -2.58. The summed E-state index contributed by atoms with van der Waals surface area (Å²) in [6.45, 7) is 14.3. The number of ether oxygens (including phenoxy) is 3. The molecule has 1 spiro atoms. The summed E-state index contributed by atoms with van der Waals surface area (Å²) in [6.07, 6.45) is 17.9. The van der Waals surface area contributed by atoms with Gasteiger partial charge >= 0.3 is 12.1 Å². The lowest BCUT2D eigenvalue weighted by Crippen LogP contribution is -2.51. The third kappa shape index (κ3) is 6.04. The molecule has 57 heavy (non-hydrogen) atoms. The summed E-state index contributed by atoms with van der Waals surface area (Å²) in [5, 5.41) is 23.8. The molecule has 3 N–H and O–H groups in total. The van der Waals surface area contributed by atoms with Crippen molar-refractivity contribution in [2.75, 3.05) is 5.32 Å². The van der Waals surface area contributed by atoms with Crippen molar-refractivity contribution >= 4 is 17.7 Å². The molecule has 0 aromatic heterocycles. The molecule has 2 aromatic carbocycles. The van der Waals surface area contributed by atoms with Gasteiger partial charge in [0.05, 0.1) is 17.2 Å². The van der Waals surface area contributed by atoms with Crippen molar-refractivity contribution in [3.05, 3.63) is 88.2 Å². The van der Waals surface area contributed by atoms with E-state index < -0.39 is 29.7 Å². The van der Waals surface area contributed by atoms with Gasteiger partial charge in [-0.05, 0) is 122 Å². The summed E-state index contributed by atoms with van der Waals surface area (Å²) >= 11 is 0. The average Bonchev–Trinajstić information content (AvgIpc) is 3.67. The minimum absolute atomic E-state index is 0.0188. The summed E-state index contributed by atoms with van der Waals surface area (Å²) in [7, 11) is 0. The molecule has 2 aliphatic heterocycles. The minimum atomic E-state index is -1.31. The van der Waals surface area contributed by atoms with Crippen LogP contribution in [-0.2, 0) is 15.1 Å². The van der Waals surface area contributed by atoms with E-state index in [1.54, 1.807) is 36.4 Å². The van der Waals surface area contributed by atoms with Crippen molar-refractivity contribution in [3.63, 3.8) is 0 Å². The van der Waals surface area contributed by atoms with Gasteiger partial charge in [-0.2, -0.15) is 0 Å². The molecule has 1 amide bonds. The zero-order chi connectivity index (χ0) is 40.0. The molecule has 7 aliphatic rings. The van der Waals surface area contributed by atoms with Crippen LogP contribution in [0.4, 0.5) is 10.5 Å². The third-order valence-electron chi connectivity index (χ3n) is 16.3. The number of fused-ring (bicyclic) bond motifs is 11. The van der Waals surface area contributed by atoms with Crippen LogP contribution in [0.25, 0.3) is 0 Å². The minimum Gasteiger partial charge on any atom is -0.512 e. The number of amides is 1. The number of nitrogens with one attached hydrogen (secondary N) is 1. The van der Waals surface area contributed by atoms with Gasteiger partial charge in [-0.1, -0.05) is 84.6 Å². The predicted octanol–water partition coefficient (Wildman–Crippen LogP) is 11.5. The highest BCUT2D eigenvalue weighted by molar-refractivity contribution is 5.99. The molecule has 9 rings (SSSR count). The number of aliphatic hydroxyl groups is 1. The van der Waals surface area contributed by atoms with E-state index in [0.29, 0.717) is 45.0 Å². The van der Waals surface area contributed by atoms with E-state index >= 15 is 0 Å². The number of phenolic OH excluding ortho intramolecular Hbond substituents is 1. The van der Waals surface area contributed by atoms with Crippen molar-refractivity contribution < 1.29 is 34.0 Å². The highest BCUT2D eigenvalue weighted by atomic mass is 16.6. The molecule has 8 nitrogen and oxygen atoms in total. The van der Waals surface area contributed by atoms with Gasteiger partial charge in [0, 0.05) is 34.9 Å². The number of carbonyl (C=O) groups is 2. The van der Waals surface area contributed by atoms with E-state index in [1.165, 1.54) is 56.6 Å². The zero-order valence-corrected chi connectivity index (χ0v) is 34.6. The van der Waals surface area contributed by atoms with Gasteiger partial charge in [-0.3, -0.25) is 5.32 Å². The smallest absolute Gasteiger partial charge is 0.411 e. The Bertz CT molecular complexity index is 2060. The second-order valence-electron chi connectivity index (χ2n) is 19.7. The van der Waals surface area contributed by atoms with Crippen LogP contribution in [0.3, 0.4) is 0 Å². The Labute approximate surface area is 338 Å². The molecule has 5 aliphatic carbocycles. The number of anilines is 1. The monoisotopic (exact) mass is 775 g/mol. The Morgan fingerprint density at radius 3 is 2.58 bits per heavy atom. The van der Waals surface area contributed by atoms with Gasteiger partial charge in [0.1, 0.15) is 23.7 Å². The van der Waals surface area contributed by atoms with Crippen molar-refractivity contribution in [1.29, 1.82) is 0 Å². The van der Waals surface area contributed by atoms with E-state index in [9.17, 15) is 19.8 Å². The van der Waals surface area contributed by atoms with Crippen LogP contribution in [0, 0.1) is 52.3 Å². The van der Waals surface area contributed by atoms with Crippen molar-refractivity contribution in [2.45, 2.75) is 130 Å². The summed E-state index contributed by atoms with van der Waals surface area (Å²) in [5.74, 6) is 4.33. The highest BCUT2D eigenvalue weighted by Gasteiger charge is 2.60. The van der Waals surface area contributed by atoms with Gasteiger partial charge in [0.2, 0.25) is 0 Å². The first-order chi connectivity index (χ1) is 27.2. The summed E-state index contributed by atoms with van der Waals surface area (Å²) in [6, 6.07) is 9.99. The standard InChI is InChI=1S/C49H61NO7/c1-27(2)8-7-9-28(3)36-16-17-37-34-13-10-30-24-33(20-22-47(30,5)38(34)21-23-48(36,37)6)55-46(54)50-31-11-14-39-35(25-31)45(53)57-49(39)40-15-12-32(51)26-43(40)56-44-29(4)42(52)19-18-41(44)49/h10-12,14-15,18-19,25-29,33-34,36-38,44,51-52H,7-9,13,16-17,20-24H2,1-6H3,(H,50,54)/t28-,29?,33+,34+,36-,37+,38+,44?,47+,48-,49?/m1/s1. The van der Waals surface area contributed by atoms with E-state index in [1.807, 2.05) is 13.0 Å². The number of carbonyl (C=O) groups excluding carboxylic acids is 2. The zero-order valence-electron chi connectivity index (χ0n) is 34.6. The van der Waals surface area contributed by atoms with Gasteiger partial charge < -0.3 is 24.4 Å². The number of rotatable bonds is 7.